The van der Waals surface area contributed by atoms with Crippen molar-refractivity contribution >= 4 is 19.0 Å². The SMILES string of the molecule is CC1(C)OB(CCCC2C3CN(C(=N)N)CC3CC2(N=[N+]=[N-])C(=O)OCc2ccccc2)OC1(C)C. The standard InChI is InChI=1S/C25H37BN6O4/c1-23(2)24(3,4)36-26(35-23)12-8-11-20-19-15-32(22(27)28)14-18(19)13-25(20,30-31-29)21(33)34-16-17-9-6-5-7-10-17/h5-7,9-10,18-20H,8,11-16H2,1-4H3,(H3,27,28). The van der Waals surface area contributed by atoms with Crippen molar-refractivity contribution in [2.75, 3.05) is 13.1 Å². The fourth-order valence-corrected chi connectivity index (χ4v) is 6.03. The summed E-state index contributed by atoms with van der Waals surface area (Å²) in [6.07, 6.45) is 2.44. The van der Waals surface area contributed by atoms with Gasteiger partial charge >= 0.3 is 13.1 Å². The van der Waals surface area contributed by atoms with Crippen molar-refractivity contribution in [3.63, 3.8) is 0 Å². The molecule has 1 saturated carbocycles. The third kappa shape index (κ3) is 4.92. The number of nitrogens with two attached hydrogens (primary N) is 1. The van der Waals surface area contributed by atoms with E-state index in [2.05, 4.69) is 10.0 Å². The molecule has 0 amide bonds. The molecule has 3 N–H and O–H groups in total. The molecule has 4 unspecified atom stereocenters. The minimum absolute atomic E-state index is 0.0291. The van der Waals surface area contributed by atoms with E-state index in [1.54, 1.807) is 0 Å². The number of nitrogens with one attached hydrogen (secondary N) is 1. The Bertz CT molecular complexity index is 1010. The van der Waals surface area contributed by atoms with Crippen LogP contribution in [0.3, 0.4) is 0 Å². The largest absolute Gasteiger partial charge is 0.460 e. The predicted octanol–water partition coefficient (Wildman–Crippen LogP) is 4.11. The fourth-order valence-electron chi connectivity index (χ4n) is 6.03. The molecule has 0 radical (unpaired) electrons. The first kappa shape index (κ1) is 26.3. The Hall–Kier alpha value is -2.75. The van der Waals surface area contributed by atoms with Gasteiger partial charge in [-0.15, -0.1) is 0 Å². The van der Waals surface area contributed by atoms with Crippen LogP contribution >= 0.6 is 0 Å². The second kappa shape index (κ2) is 9.96. The molecule has 0 spiro atoms. The second-order valence-electron chi connectivity index (χ2n) is 11.3. The number of esters is 1. The average Bonchev–Trinajstić information content (AvgIpc) is 3.41. The van der Waals surface area contributed by atoms with Crippen LogP contribution in [0.4, 0.5) is 0 Å². The van der Waals surface area contributed by atoms with E-state index in [9.17, 15) is 10.3 Å². The number of hydrogen-bond donors (Lipinski definition) is 2. The van der Waals surface area contributed by atoms with Gasteiger partial charge in [0.15, 0.2) is 5.96 Å². The molecule has 4 rings (SSSR count). The van der Waals surface area contributed by atoms with Gasteiger partial charge in [0.2, 0.25) is 0 Å². The molecule has 2 saturated heterocycles. The summed E-state index contributed by atoms with van der Waals surface area (Å²) in [5, 5.41) is 12.0. The van der Waals surface area contributed by atoms with Crippen LogP contribution in [0.15, 0.2) is 35.4 Å². The molecule has 2 aliphatic heterocycles. The van der Waals surface area contributed by atoms with Crippen LogP contribution in [-0.4, -0.2) is 53.8 Å². The molecular formula is C25H37BN6O4. The van der Waals surface area contributed by atoms with Crippen LogP contribution in [0.5, 0.6) is 0 Å². The monoisotopic (exact) mass is 496 g/mol. The third-order valence-corrected chi connectivity index (χ3v) is 8.58. The first-order chi connectivity index (χ1) is 17.0. The summed E-state index contributed by atoms with van der Waals surface area (Å²) in [6, 6.07) is 9.47. The van der Waals surface area contributed by atoms with E-state index in [-0.39, 0.29) is 37.4 Å². The van der Waals surface area contributed by atoms with Gasteiger partial charge in [0.1, 0.15) is 12.1 Å². The third-order valence-electron chi connectivity index (χ3n) is 8.58. The Morgan fingerprint density at radius 1 is 1.25 bits per heavy atom. The molecule has 1 aromatic carbocycles. The molecule has 10 nitrogen and oxygen atoms in total. The first-order valence-corrected chi connectivity index (χ1v) is 12.7. The summed E-state index contributed by atoms with van der Waals surface area (Å²) in [5.74, 6) is -0.518. The van der Waals surface area contributed by atoms with Gasteiger partial charge in [-0.3, -0.25) is 10.2 Å². The zero-order valence-electron chi connectivity index (χ0n) is 21.6. The topological polar surface area (TPSA) is 147 Å². The summed E-state index contributed by atoms with van der Waals surface area (Å²) in [5.41, 5.74) is 14.1. The predicted molar refractivity (Wildman–Crippen MR) is 137 cm³/mol. The number of carbonyl (C=O) groups is 1. The summed E-state index contributed by atoms with van der Waals surface area (Å²) < 4.78 is 18.0. The summed E-state index contributed by atoms with van der Waals surface area (Å²) in [4.78, 5) is 18.5. The van der Waals surface area contributed by atoms with Crippen LogP contribution < -0.4 is 5.73 Å². The van der Waals surface area contributed by atoms with E-state index in [1.807, 2.05) is 62.9 Å². The highest BCUT2D eigenvalue weighted by atomic mass is 16.7. The minimum Gasteiger partial charge on any atom is -0.460 e. The number of benzene rings is 1. The fraction of sp³-hybridized carbons (Fsp3) is 0.680. The van der Waals surface area contributed by atoms with Crippen LogP contribution in [0.25, 0.3) is 10.4 Å². The number of hydrogen-bond acceptors (Lipinski definition) is 6. The van der Waals surface area contributed by atoms with Crippen molar-refractivity contribution in [1.29, 1.82) is 5.41 Å². The molecule has 4 atom stereocenters. The van der Waals surface area contributed by atoms with Crippen LogP contribution in [0.1, 0.15) is 52.5 Å². The molecule has 3 fully saturated rings. The number of fused-ring (bicyclic) bond motifs is 1. The molecule has 0 aromatic heterocycles. The molecule has 2 heterocycles. The molecule has 1 aliphatic carbocycles. The lowest BCUT2D eigenvalue weighted by molar-refractivity contribution is -0.153. The van der Waals surface area contributed by atoms with Gasteiger partial charge in [-0.1, -0.05) is 41.9 Å². The number of guanidine groups is 1. The van der Waals surface area contributed by atoms with Crippen LogP contribution in [0, 0.1) is 23.2 Å². The maximum Gasteiger partial charge on any atom is 0.457 e. The molecule has 0 bridgehead atoms. The lowest BCUT2D eigenvalue weighted by atomic mass is 9.75. The Labute approximate surface area is 213 Å². The van der Waals surface area contributed by atoms with Crippen molar-refractivity contribution in [3.05, 3.63) is 46.3 Å². The van der Waals surface area contributed by atoms with Gasteiger partial charge in [0.05, 0.1) is 11.2 Å². The Morgan fingerprint density at radius 2 is 1.92 bits per heavy atom. The molecule has 11 heteroatoms. The van der Waals surface area contributed by atoms with Gasteiger partial charge in [-0.25, -0.2) is 0 Å². The number of carbonyl (C=O) groups excluding carboxylic acids is 1. The van der Waals surface area contributed by atoms with E-state index in [1.165, 1.54) is 0 Å². The highest BCUT2D eigenvalue weighted by molar-refractivity contribution is 6.45. The van der Waals surface area contributed by atoms with Gasteiger partial charge in [0.25, 0.3) is 0 Å². The van der Waals surface area contributed by atoms with E-state index in [0.717, 1.165) is 12.0 Å². The summed E-state index contributed by atoms with van der Waals surface area (Å²) >= 11 is 0. The first-order valence-electron chi connectivity index (χ1n) is 12.7. The van der Waals surface area contributed by atoms with Crippen LogP contribution in [-0.2, 0) is 25.4 Å². The smallest absolute Gasteiger partial charge is 0.457 e. The van der Waals surface area contributed by atoms with E-state index >= 15 is 0 Å². The number of likely N-dealkylation sites (tertiary alicyclic amines) is 1. The Morgan fingerprint density at radius 3 is 2.53 bits per heavy atom. The van der Waals surface area contributed by atoms with Gasteiger partial charge in [-0.05, 0) is 75.7 Å². The van der Waals surface area contributed by atoms with Crippen molar-refractivity contribution in [2.24, 2.45) is 28.6 Å². The number of rotatable bonds is 8. The van der Waals surface area contributed by atoms with Gasteiger partial charge in [0, 0.05) is 18.0 Å². The van der Waals surface area contributed by atoms with Gasteiger partial charge < -0.3 is 24.7 Å². The molecule has 3 aliphatic rings. The van der Waals surface area contributed by atoms with Crippen LogP contribution in [0.2, 0.25) is 6.32 Å². The van der Waals surface area contributed by atoms with Crippen molar-refractivity contribution < 1.29 is 18.8 Å². The Kier molecular flexibility index (Phi) is 7.28. The van der Waals surface area contributed by atoms with E-state index < -0.39 is 22.7 Å². The van der Waals surface area contributed by atoms with E-state index in [0.29, 0.717) is 32.3 Å². The number of ether oxygens (including phenoxy) is 1. The molecule has 1 aromatic rings. The maximum atomic E-state index is 13.6. The quantitative estimate of drug-likeness (QED) is 0.105. The summed E-state index contributed by atoms with van der Waals surface area (Å²) in [6.45, 7) is 9.37. The van der Waals surface area contributed by atoms with Gasteiger partial charge in [-0.2, -0.15) is 0 Å². The second-order valence-corrected chi connectivity index (χ2v) is 11.3. The molecule has 36 heavy (non-hydrogen) atoms. The minimum atomic E-state index is -1.28. The van der Waals surface area contributed by atoms with Crippen molar-refractivity contribution in [2.45, 2.75) is 76.6 Å². The molecular weight excluding hydrogens is 459 g/mol. The number of azide groups is 1. The molecule has 194 valence electrons. The zero-order chi connectivity index (χ0) is 26.1. The van der Waals surface area contributed by atoms with Crippen molar-refractivity contribution in [3.8, 4) is 0 Å². The normalized spacial score (nSPS) is 30.1. The maximum absolute atomic E-state index is 13.6. The summed E-state index contributed by atoms with van der Waals surface area (Å²) in [7, 11) is -0.330. The zero-order valence-corrected chi connectivity index (χ0v) is 21.6. The Balaban J connectivity index is 1.51. The lowest BCUT2D eigenvalue weighted by Crippen LogP contribution is -2.45. The lowest BCUT2D eigenvalue weighted by Gasteiger charge is -2.32. The highest BCUT2D eigenvalue weighted by Crippen LogP contribution is 2.53. The van der Waals surface area contributed by atoms with Crippen molar-refractivity contribution in [1.82, 2.24) is 4.90 Å². The average molecular weight is 496 g/mol. The number of nitrogens with zero attached hydrogens (tertiary/aromatic N) is 4. The van der Waals surface area contributed by atoms with E-state index in [4.69, 9.17) is 25.2 Å². The highest BCUT2D eigenvalue weighted by Gasteiger charge is 2.60.